The fraction of sp³-hybridized carbons (Fsp3) is 0.500. The molecule has 0 radical (unpaired) electrons. The molecular weight excluding hydrogens is 258 g/mol. The van der Waals surface area contributed by atoms with Gasteiger partial charge in [0.25, 0.3) is 0 Å². The molecule has 1 aliphatic rings. The predicted octanol–water partition coefficient (Wildman–Crippen LogP) is 0.657. The average Bonchev–Trinajstić information content (AvgIpc) is 2.49. The number of nitrogens with one attached hydrogen (secondary N) is 1. The van der Waals surface area contributed by atoms with Crippen LogP contribution in [0.25, 0.3) is 0 Å². The summed E-state index contributed by atoms with van der Waals surface area (Å²) in [5.74, 6) is 0.576. The second kappa shape index (κ2) is 7.72. The van der Waals surface area contributed by atoms with Gasteiger partial charge in [0.05, 0.1) is 26.5 Å². The quantitative estimate of drug-likeness (QED) is 0.455. The highest BCUT2D eigenvalue weighted by atomic mass is 16.5. The van der Waals surface area contributed by atoms with Gasteiger partial charge in [-0.05, 0) is 23.8 Å². The fourth-order valence-corrected chi connectivity index (χ4v) is 1.99. The van der Waals surface area contributed by atoms with E-state index in [2.05, 4.69) is 15.4 Å². The first kappa shape index (κ1) is 14.6. The van der Waals surface area contributed by atoms with Crippen molar-refractivity contribution >= 4 is 6.21 Å². The number of aromatic hydroxyl groups is 1. The molecule has 110 valence electrons. The Morgan fingerprint density at radius 1 is 1.45 bits per heavy atom. The third-order valence-electron chi connectivity index (χ3n) is 3.15. The topological polar surface area (TPSA) is 66.3 Å². The van der Waals surface area contributed by atoms with Gasteiger partial charge in [-0.2, -0.15) is 5.10 Å². The molecule has 0 saturated carbocycles. The van der Waals surface area contributed by atoms with Crippen LogP contribution in [0.1, 0.15) is 5.56 Å². The number of hydrogen-bond donors (Lipinski definition) is 2. The molecule has 0 atom stereocenters. The number of benzene rings is 1. The standard InChI is InChI=1S/C14H21N3O3/c1-19-14-10-12(2-3-13(14)18)11-16-15-4-5-17-6-8-20-9-7-17/h2-3,10-11,15,18H,4-9H2,1H3/b16-11+. The van der Waals surface area contributed by atoms with E-state index in [9.17, 15) is 5.11 Å². The van der Waals surface area contributed by atoms with Crippen LogP contribution in [0.3, 0.4) is 0 Å². The van der Waals surface area contributed by atoms with Gasteiger partial charge in [0, 0.05) is 26.2 Å². The number of hydrazone groups is 1. The van der Waals surface area contributed by atoms with Crippen LogP contribution in [0.2, 0.25) is 0 Å². The van der Waals surface area contributed by atoms with E-state index < -0.39 is 0 Å². The largest absolute Gasteiger partial charge is 0.504 e. The highest BCUT2D eigenvalue weighted by Gasteiger charge is 2.08. The lowest BCUT2D eigenvalue weighted by Crippen LogP contribution is -2.39. The Kier molecular flexibility index (Phi) is 5.64. The summed E-state index contributed by atoms with van der Waals surface area (Å²) in [4.78, 5) is 2.34. The fourth-order valence-electron chi connectivity index (χ4n) is 1.99. The first-order valence-corrected chi connectivity index (χ1v) is 6.72. The van der Waals surface area contributed by atoms with Crippen LogP contribution in [0, 0.1) is 0 Å². The van der Waals surface area contributed by atoms with Crippen LogP contribution in [0.5, 0.6) is 11.5 Å². The van der Waals surface area contributed by atoms with Crippen LogP contribution in [0.15, 0.2) is 23.3 Å². The van der Waals surface area contributed by atoms with Crippen LogP contribution in [-0.4, -0.2) is 62.7 Å². The highest BCUT2D eigenvalue weighted by Crippen LogP contribution is 2.25. The third kappa shape index (κ3) is 4.40. The minimum Gasteiger partial charge on any atom is -0.504 e. The Bertz CT molecular complexity index is 445. The lowest BCUT2D eigenvalue weighted by molar-refractivity contribution is 0.0385. The smallest absolute Gasteiger partial charge is 0.161 e. The van der Waals surface area contributed by atoms with Crippen molar-refractivity contribution in [2.45, 2.75) is 0 Å². The summed E-state index contributed by atoms with van der Waals surface area (Å²) in [5, 5.41) is 13.6. The summed E-state index contributed by atoms with van der Waals surface area (Å²) in [6.07, 6.45) is 1.71. The zero-order valence-electron chi connectivity index (χ0n) is 11.7. The summed E-state index contributed by atoms with van der Waals surface area (Å²) in [6, 6.07) is 5.11. The lowest BCUT2D eigenvalue weighted by Gasteiger charge is -2.26. The molecule has 1 aromatic rings. The molecule has 1 saturated heterocycles. The predicted molar refractivity (Wildman–Crippen MR) is 77.5 cm³/mol. The molecule has 2 N–H and O–H groups in total. The molecule has 0 bridgehead atoms. The third-order valence-corrected chi connectivity index (χ3v) is 3.15. The Morgan fingerprint density at radius 3 is 3.00 bits per heavy atom. The average molecular weight is 279 g/mol. The molecular formula is C14H21N3O3. The summed E-state index contributed by atoms with van der Waals surface area (Å²) >= 11 is 0. The number of morpholine rings is 1. The van der Waals surface area contributed by atoms with E-state index in [0.717, 1.165) is 45.0 Å². The van der Waals surface area contributed by atoms with Crippen molar-refractivity contribution < 1.29 is 14.6 Å². The number of rotatable bonds is 6. The van der Waals surface area contributed by atoms with Crippen LogP contribution in [-0.2, 0) is 4.74 Å². The summed E-state index contributed by atoms with van der Waals surface area (Å²) < 4.78 is 10.3. The van der Waals surface area contributed by atoms with Gasteiger partial charge in [-0.1, -0.05) is 0 Å². The molecule has 6 nitrogen and oxygen atoms in total. The SMILES string of the molecule is COc1cc(/C=N/NCCN2CCOCC2)ccc1O. The van der Waals surface area contributed by atoms with Crippen molar-refractivity contribution in [1.29, 1.82) is 0 Å². The summed E-state index contributed by atoms with van der Waals surface area (Å²) in [7, 11) is 1.52. The number of phenolic OH excluding ortho intramolecular Hbond substituents is 1. The molecule has 2 rings (SSSR count). The van der Waals surface area contributed by atoms with Gasteiger partial charge >= 0.3 is 0 Å². The molecule has 0 amide bonds. The molecule has 0 aliphatic carbocycles. The number of hydrogen-bond acceptors (Lipinski definition) is 6. The normalized spacial score (nSPS) is 16.4. The maximum Gasteiger partial charge on any atom is 0.161 e. The first-order valence-electron chi connectivity index (χ1n) is 6.72. The lowest BCUT2D eigenvalue weighted by atomic mass is 10.2. The van der Waals surface area contributed by atoms with E-state index in [-0.39, 0.29) is 5.75 Å². The molecule has 0 unspecified atom stereocenters. The van der Waals surface area contributed by atoms with Crippen molar-refractivity contribution in [1.82, 2.24) is 10.3 Å². The Hall–Kier alpha value is -1.79. The van der Waals surface area contributed by atoms with Crippen LogP contribution in [0.4, 0.5) is 0 Å². The Morgan fingerprint density at radius 2 is 2.25 bits per heavy atom. The monoisotopic (exact) mass is 279 g/mol. The molecule has 0 aromatic heterocycles. The van der Waals surface area contributed by atoms with Crippen LogP contribution >= 0.6 is 0 Å². The highest BCUT2D eigenvalue weighted by molar-refractivity contribution is 5.80. The van der Waals surface area contributed by atoms with Crippen molar-refractivity contribution in [2.24, 2.45) is 5.10 Å². The molecule has 0 spiro atoms. The maximum atomic E-state index is 9.49. The van der Waals surface area contributed by atoms with Gasteiger partial charge < -0.3 is 20.0 Å². The number of ether oxygens (including phenoxy) is 2. The molecule has 1 heterocycles. The zero-order valence-corrected chi connectivity index (χ0v) is 11.7. The van der Waals surface area contributed by atoms with Crippen molar-refractivity contribution in [3.8, 4) is 11.5 Å². The first-order chi connectivity index (χ1) is 9.79. The van der Waals surface area contributed by atoms with Gasteiger partial charge in [0.15, 0.2) is 11.5 Å². The minimum absolute atomic E-state index is 0.130. The van der Waals surface area contributed by atoms with Gasteiger partial charge in [-0.15, -0.1) is 0 Å². The van der Waals surface area contributed by atoms with Gasteiger partial charge in [0.1, 0.15) is 0 Å². The Labute approximate surface area is 119 Å². The molecule has 1 aliphatic heterocycles. The molecule has 20 heavy (non-hydrogen) atoms. The Balaban J connectivity index is 1.72. The number of phenols is 1. The molecule has 1 fully saturated rings. The zero-order chi connectivity index (χ0) is 14.2. The van der Waals surface area contributed by atoms with E-state index in [1.807, 2.05) is 0 Å². The number of methoxy groups -OCH3 is 1. The van der Waals surface area contributed by atoms with E-state index >= 15 is 0 Å². The van der Waals surface area contributed by atoms with Crippen molar-refractivity contribution in [3.05, 3.63) is 23.8 Å². The van der Waals surface area contributed by atoms with Gasteiger partial charge in [0.2, 0.25) is 0 Å². The number of nitrogens with zero attached hydrogens (tertiary/aromatic N) is 2. The van der Waals surface area contributed by atoms with Gasteiger partial charge in [-0.25, -0.2) is 0 Å². The van der Waals surface area contributed by atoms with Crippen LogP contribution < -0.4 is 10.2 Å². The van der Waals surface area contributed by atoms with E-state index in [0.29, 0.717) is 5.75 Å². The second-order valence-corrected chi connectivity index (χ2v) is 4.55. The van der Waals surface area contributed by atoms with Gasteiger partial charge in [-0.3, -0.25) is 4.90 Å². The molecule has 6 heteroatoms. The summed E-state index contributed by atoms with van der Waals surface area (Å²) in [6.45, 7) is 5.36. The maximum absolute atomic E-state index is 9.49. The van der Waals surface area contributed by atoms with Crippen molar-refractivity contribution in [3.63, 3.8) is 0 Å². The van der Waals surface area contributed by atoms with E-state index in [1.54, 1.807) is 24.4 Å². The molecule has 1 aromatic carbocycles. The van der Waals surface area contributed by atoms with E-state index in [4.69, 9.17) is 9.47 Å². The second-order valence-electron chi connectivity index (χ2n) is 4.55. The minimum atomic E-state index is 0.130. The van der Waals surface area contributed by atoms with E-state index in [1.165, 1.54) is 7.11 Å². The van der Waals surface area contributed by atoms with Crippen molar-refractivity contribution in [2.75, 3.05) is 46.5 Å². The summed E-state index contributed by atoms with van der Waals surface area (Å²) in [5.41, 5.74) is 3.89.